The molecule has 7 rings (SSSR count). The molecule has 13 heteroatoms. The summed E-state index contributed by atoms with van der Waals surface area (Å²) in [5.41, 5.74) is 2.98. The fourth-order valence-electron chi connectivity index (χ4n) is 6.71. The first-order chi connectivity index (χ1) is 21.7. The van der Waals surface area contributed by atoms with Gasteiger partial charge in [-0.2, -0.15) is 5.26 Å². The van der Waals surface area contributed by atoms with E-state index in [1.807, 2.05) is 25.1 Å². The number of pyridine rings is 1. The number of nitrogens with zero attached hydrogens (tertiary/aromatic N) is 8. The molecular formula is C32H34F2N8O2S. The zero-order chi connectivity index (χ0) is 31.5. The van der Waals surface area contributed by atoms with E-state index in [2.05, 4.69) is 20.9 Å². The number of nitriles is 1. The lowest BCUT2D eigenvalue weighted by molar-refractivity contribution is -0.143. The Morgan fingerprint density at radius 3 is 2.53 bits per heavy atom. The third-order valence-corrected chi connectivity index (χ3v) is 10.4. The molecule has 3 aromatic heterocycles. The van der Waals surface area contributed by atoms with Crippen LogP contribution in [-0.2, 0) is 11.2 Å². The first kappa shape index (κ1) is 29.6. The van der Waals surface area contributed by atoms with Gasteiger partial charge in [0, 0.05) is 56.5 Å². The molecule has 0 bridgehead atoms. The van der Waals surface area contributed by atoms with Gasteiger partial charge in [-0.25, -0.2) is 18.7 Å². The summed E-state index contributed by atoms with van der Waals surface area (Å²) in [4.78, 5) is 30.2. The Labute approximate surface area is 263 Å². The highest BCUT2D eigenvalue weighted by Gasteiger charge is 2.45. The molecule has 10 nitrogen and oxygen atoms in total. The molecule has 1 aromatic carbocycles. The van der Waals surface area contributed by atoms with E-state index in [4.69, 9.17) is 4.98 Å². The molecule has 1 N–H and O–H groups in total. The summed E-state index contributed by atoms with van der Waals surface area (Å²) in [7, 11) is 1.84. The number of piperidine rings is 1. The lowest BCUT2D eigenvalue weighted by Gasteiger charge is -2.55. The average molecular weight is 633 g/mol. The Hall–Kier alpha value is -4.12. The van der Waals surface area contributed by atoms with Crippen molar-refractivity contribution in [2.75, 3.05) is 62.7 Å². The van der Waals surface area contributed by atoms with E-state index >= 15 is 4.39 Å². The SMILES string of the molecule is CCc1nc2c(F)cc(N3CC4(CCN(CC(=O)N5CC(O)C5)CC4)C3)cn2c1N(C)c1nc(-c2ccc(F)cc2)c(C#N)s1. The number of anilines is 3. The summed E-state index contributed by atoms with van der Waals surface area (Å²) in [6.07, 6.45) is 4.07. The van der Waals surface area contributed by atoms with Crippen LogP contribution in [-0.4, -0.2) is 94.1 Å². The maximum atomic E-state index is 15.6. The minimum absolute atomic E-state index is 0.0797. The number of benzene rings is 1. The van der Waals surface area contributed by atoms with Gasteiger partial charge in [0.25, 0.3) is 0 Å². The molecule has 0 radical (unpaired) electrons. The molecule has 1 amide bonds. The van der Waals surface area contributed by atoms with Crippen molar-refractivity contribution in [1.82, 2.24) is 24.2 Å². The first-order valence-corrected chi connectivity index (χ1v) is 16.0. The molecule has 3 fully saturated rings. The molecule has 4 aromatic rings. The Morgan fingerprint density at radius 2 is 1.89 bits per heavy atom. The van der Waals surface area contributed by atoms with E-state index < -0.39 is 5.82 Å². The van der Waals surface area contributed by atoms with Gasteiger partial charge in [-0.3, -0.25) is 14.1 Å². The number of thiazole rings is 1. The maximum absolute atomic E-state index is 15.6. The van der Waals surface area contributed by atoms with Gasteiger partial charge >= 0.3 is 0 Å². The fraction of sp³-hybridized carbons (Fsp3) is 0.438. The highest BCUT2D eigenvalue weighted by atomic mass is 32.1. The second kappa shape index (κ2) is 11.3. The van der Waals surface area contributed by atoms with Crippen LogP contribution in [0.2, 0.25) is 0 Å². The van der Waals surface area contributed by atoms with Gasteiger partial charge in [-0.1, -0.05) is 18.3 Å². The van der Waals surface area contributed by atoms with E-state index in [0.717, 1.165) is 44.7 Å². The van der Waals surface area contributed by atoms with Crippen LogP contribution in [0.1, 0.15) is 30.3 Å². The predicted molar refractivity (Wildman–Crippen MR) is 168 cm³/mol. The lowest BCUT2D eigenvalue weighted by atomic mass is 9.72. The van der Waals surface area contributed by atoms with Crippen molar-refractivity contribution in [2.24, 2.45) is 5.41 Å². The number of aryl methyl sites for hydroxylation is 1. The van der Waals surface area contributed by atoms with Crippen molar-refractivity contribution in [3.05, 3.63) is 58.7 Å². The summed E-state index contributed by atoms with van der Waals surface area (Å²) in [5.74, 6) is -0.0110. The number of fused-ring (bicyclic) bond motifs is 1. The van der Waals surface area contributed by atoms with Gasteiger partial charge in [-0.05, 0) is 56.6 Å². The van der Waals surface area contributed by atoms with E-state index in [9.17, 15) is 19.6 Å². The Balaban J connectivity index is 1.10. The number of aliphatic hydroxyl groups excluding tert-OH is 1. The van der Waals surface area contributed by atoms with Crippen LogP contribution in [0.3, 0.4) is 0 Å². The third kappa shape index (κ3) is 5.30. The first-order valence-electron chi connectivity index (χ1n) is 15.2. The van der Waals surface area contributed by atoms with Gasteiger partial charge in [0.05, 0.1) is 24.0 Å². The van der Waals surface area contributed by atoms with Gasteiger partial charge in [-0.15, -0.1) is 0 Å². The molecular weight excluding hydrogens is 598 g/mol. The highest BCUT2D eigenvalue weighted by molar-refractivity contribution is 7.16. The van der Waals surface area contributed by atoms with Crippen LogP contribution in [0.25, 0.3) is 16.9 Å². The normalized spacial score (nSPS) is 18.2. The number of imidazole rings is 1. The second-order valence-corrected chi connectivity index (χ2v) is 13.4. The maximum Gasteiger partial charge on any atom is 0.236 e. The quantitative estimate of drug-likeness (QED) is 0.326. The van der Waals surface area contributed by atoms with Crippen LogP contribution >= 0.6 is 11.3 Å². The summed E-state index contributed by atoms with van der Waals surface area (Å²) in [6, 6.07) is 9.65. The van der Waals surface area contributed by atoms with Crippen LogP contribution in [0.15, 0.2) is 36.5 Å². The van der Waals surface area contributed by atoms with Gasteiger partial charge in [0.1, 0.15) is 28.3 Å². The number of hydrogen-bond acceptors (Lipinski definition) is 9. The number of β-amino-alcohol motifs (C(OH)–C–C–N with tert-alkyl or cyclic N) is 1. The molecule has 6 heterocycles. The predicted octanol–water partition coefficient (Wildman–Crippen LogP) is 4.04. The topological polar surface area (TPSA) is 104 Å². The largest absolute Gasteiger partial charge is 0.389 e. The number of carbonyl (C=O) groups is 1. The Kier molecular flexibility index (Phi) is 7.46. The molecule has 0 aliphatic carbocycles. The summed E-state index contributed by atoms with van der Waals surface area (Å²) in [5, 5.41) is 19.9. The Morgan fingerprint density at radius 1 is 1.18 bits per heavy atom. The standard InChI is InChI=1S/C32H34F2N8O2S/c1-3-25-30(38(2)31-37-28(26(13-35)45-31)20-4-6-21(33)7-5-20)42-14-22(12-24(34)29(42)36-25)41-18-32(19-41)8-10-39(11-9-32)17-27(44)40-15-23(43)16-40/h4-7,12,14,23,43H,3,8-11,15-19H2,1-2H3. The van der Waals surface area contributed by atoms with Crippen molar-refractivity contribution in [2.45, 2.75) is 32.3 Å². The molecule has 3 aliphatic rings. The van der Waals surface area contributed by atoms with Gasteiger partial charge in [0.2, 0.25) is 5.91 Å². The monoisotopic (exact) mass is 632 g/mol. The number of aliphatic hydroxyl groups is 1. The molecule has 3 aliphatic heterocycles. The van der Waals surface area contributed by atoms with E-state index in [1.54, 1.807) is 27.5 Å². The smallest absolute Gasteiger partial charge is 0.236 e. The van der Waals surface area contributed by atoms with Gasteiger partial charge in [0.15, 0.2) is 16.6 Å². The summed E-state index contributed by atoms with van der Waals surface area (Å²) >= 11 is 1.22. The van der Waals surface area contributed by atoms with E-state index in [1.165, 1.54) is 23.5 Å². The Bertz CT molecular complexity index is 1790. The second-order valence-electron chi connectivity index (χ2n) is 12.4. The molecule has 0 saturated carbocycles. The zero-order valence-corrected chi connectivity index (χ0v) is 26.0. The van der Waals surface area contributed by atoms with Crippen molar-refractivity contribution >= 4 is 39.5 Å². The molecule has 0 unspecified atom stereocenters. The minimum atomic E-state index is -0.406. The lowest BCUT2D eigenvalue weighted by Crippen LogP contribution is -2.61. The third-order valence-electron chi connectivity index (χ3n) is 9.39. The van der Waals surface area contributed by atoms with Crippen LogP contribution in [0.5, 0.6) is 0 Å². The number of aromatic nitrogens is 3. The van der Waals surface area contributed by atoms with Crippen LogP contribution < -0.4 is 9.80 Å². The number of likely N-dealkylation sites (tertiary alicyclic amines) is 2. The van der Waals surface area contributed by atoms with Crippen molar-refractivity contribution in [3.63, 3.8) is 0 Å². The molecule has 0 atom stereocenters. The van der Waals surface area contributed by atoms with Crippen molar-refractivity contribution in [3.8, 4) is 17.3 Å². The molecule has 45 heavy (non-hydrogen) atoms. The van der Waals surface area contributed by atoms with E-state index in [0.29, 0.717) is 58.8 Å². The number of hydrogen-bond donors (Lipinski definition) is 1. The number of rotatable bonds is 7. The summed E-state index contributed by atoms with van der Waals surface area (Å²) in [6.45, 7) is 6.55. The zero-order valence-electron chi connectivity index (χ0n) is 25.2. The van der Waals surface area contributed by atoms with E-state index in [-0.39, 0.29) is 28.9 Å². The summed E-state index contributed by atoms with van der Waals surface area (Å²) < 4.78 is 30.9. The van der Waals surface area contributed by atoms with Crippen LogP contribution in [0, 0.1) is 28.4 Å². The molecule has 234 valence electrons. The van der Waals surface area contributed by atoms with Crippen molar-refractivity contribution < 1.29 is 18.7 Å². The molecule has 1 spiro atoms. The minimum Gasteiger partial charge on any atom is -0.389 e. The van der Waals surface area contributed by atoms with Crippen LogP contribution in [0.4, 0.5) is 25.4 Å². The van der Waals surface area contributed by atoms with Gasteiger partial charge < -0.3 is 19.8 Å². The van der Waals surface area contributed by atoms with Crippen molar-refractivity contribution in [1.29, 1.82) is 5.26 Å². The average Bonchev–Trinajstić information content (AvgIpc) is 3.61. The highest BCUT2D eigenvalue weighted by Crippen LogP contribution is 2.44. The molecule has 3 saturated heterocycles. The fourth-order valence-corrected chi connectivity index (χ4v) is 7.56. The number of carbonyl (C=O) groups excluding carboxylic acids is 1. The number of amides is 1. The number of halogens is 2.